The van der Waals surface area contributed by atoms with Crippen LogP contribution in [0.4, 0.5) is 0 Å². The summed E-state index contributed by atoms with van der Waals surface area (Å²) in [4.78, 5) is 0. The largest absolute Gasteiger partial charge is 0.0842 e. The molecule has 48 valence electrons. The van der Waals surface area contributed by atoms with Gasteiger partial charge in [-0.3, -0.25) is 0 Å². The van der Waals surface area contributed by atoms with E-state index in [2.05, 4.69) is 38.2 Å². The Balaban J connectivity index is 2.34. The highest BCUT2D eigenvalue weighted by atomic mass is 14.0. The van der Waals surface area contributed by atoms with Crippen molar-refractivity contribution >= 4 is 0 Å². The lowest BCUT2D eigenvalue weighted by atomic mass is 10.0. The van der Waals surface area contributed by atoms with Crippen molar-refractivity contribution in [1.29, 1.82) is 0 Å². The fraction of sp³-hybridized carbons (Fsp3) is 0.333. The monoisotopic (exact) mass is 120 g/mol. The summed E-state index contributed by atoms with van der Waals surface area (Å²) in [5.41, 5.74) is 2.74. The van der Waals surface area contributed by atoms with E-state index in [0.717, 1.165) is 6.42 Å². The Kier molecular flexibility index (Phi) is 1.88. The topological polar surface area (TPSA) is 0 Å². The van der Waals surface area contributed by atoms with E-state index in [9.17, 15) is 0 Å². The predicted octanol–water partition coefficient (Wildman–Crippen LogP) is 2.84. The molecule has 0 nitrogen and oxygen atoms in total. The minimum absolute atomic E-state index is 1.13. The fourth-order valence-electron chi connectivity index (χ4n) is 0.863. The van der Waals surface area contributed by atoms with Gasteiger partial charge in [-0.15, -0.1) is 0 Å². The van der Waals surface area contributed by atoms with Crippen molar-refractivity contribution in [2.24, 2.45) is 0 Å². The van der Waals surface area contributed by atoms with Crippen molar-refractivity contribution < 1.29 is 0 Å². The van der Waals surface area contributed by atoms with E-state index in [1.54, 1.807) is 0 Å². The molecule has 0 aliphatic heterocycles. The summed E-state index contributed by atoms with van der Waals surface area (Å²) in [5, 5.41) is 0. The second-order valence-corrected chi connectivity index (χ2v) is 2.34. The molecule has 9 heavy (non-hydrogen) atoms. The van der Waals surface area contributed by atoms with Crippen molar-refractivity contribution in [2.75, 3.05) is 0 Å². The summed E-state index contributed by atoms with van der Waals surface area (Å²) in [6.07, 6.45) is 9.84. The van der Waals surface area contributed by atoms with Crippen molar-refractivity contribution in [3.05, 3.63) is 35.5 Å². The van der Waals surface area contributed by atoms with Crippen LogP contribution in [0.25, 0.3) is 0 Å². The van der Waals surface area contributed by atoms with Crippen LogP contribution in [0.1, 0.15) is 20.3 Å². The van der Waals surface area contributed by atoms with Gasteiger partial charge in [0.05, 0.1) is 0 Å². The minimum atomic E-state index is 1.13. The summed E-state index contributed by atoms with van der Waals surface area (Å²) < 4.78 is 0. The molecule has 0 atom stereocenters. The molecule has 0 amide bonds. The molecular weight excluding hydrogens is 108 g/mol. The van der Waals surface area contributed by atoms with Crippen LogP contribution in [-0.4, -0.2) is 0 Å². The summed E-state index contributed by atoms with van der Waals surface area (Å²) in [7, 11) is 0. The molecule has 0 aromatic carbocycles. The quantitative estimate of drug-likeness (QED) is 0.525. The molecule has 0 aromatic heterocycles. The van der Waals surface area contributed by atoms with Crippen molar-refractivity contribution in [3.63, 3.8) is 0 Å². The lowest BCUT2D eigenvalue weighted by Crippen LogP contribution is -1.85. The maximum absolute atomic E-state index is 2.19. The Morgan fingerprint density at radius 1 is 1.44 bits per heavy atom. The van der Waals surface area contributed by atoms with Crippen molar-refractivity contribution in [3.8, 4) is 0 Å². The zero-order chi connectivity index (χ0) is 6.69. The molecule has 0 saturated heterocycles. The van der Waals surface area contributed by atoms with E-state index in [-0.39, 0.29) is 0 Å². The molecule has 1 rings (SSSR count). The summed E-state index contributed by atoms with van der Waals surface area (Å²) in [6.45, 7) is 4.26. The van der Waals surface area contributed by atoms with Crippen molar-refractivity contribution in [1.82, 2.24) is 0 Å². The second kappa shape index (κ2) is 2.67. The highest BCUT2D eigenvalue weighted by molar-refractivity contribution is 5.48. The molecule has 0 heteroatoms. The molecule has 0 radical (unpaired) electrons. The average Bonchev–Trinajstić information content (AvgIpc) is 1.78. The van der Waals surface area contributed by atoms with Gasteiger partial charge in [-0.2, -0.15) is 0 Å². The van der Waals surface area contributed by atoms with Crippen molar-refractivity contribution in [2.45, 2.75) is 20.3 Å². The number of allylic oxidation sites excluding steroid dienone is 6. The zero-order valence-electron chi connectivity index (χ0n) is 6.02. The molecule has 0 N–H and O–H groups in total. The summed E-state index contributed by atoms with van der Waals surface area (Å²) in [5.74, 6) is 0. The van der Waals surface area contributed by atoms with E-state index in [1.165, 1.54) is 11.1 Å². The second-order valence-electron chi connectivity index (χ2n) is 2.34. The zero-order valence-corrected chi connectivity index (χ0v) is 6.02. The Labute approximate surface area is 56.6 Å². The van der Waals surface area contributed by atoms with Gasteiger partial charge in [-0.1, -0.05) is 31.2 Å². The number of rotatable bonds is 2. The van der Waals surface area contributed by atoms with E-state index in [1.807, 2.05) is 0 Å². The highest BCUT2D eigenvalue weighted by Crippen LogP contribution is 2.17. The van der Waals surface area contributed by atoms with E-state index in [4.69, 9.17) is 0 Å². The van der Waals surface area contributed by atoms with E-state index in [0.29, 0.717) is 0 Å². The maximum Gasteiger partial charge on any atom is -0.0255 e. The van der Waals surface area contributed by atoms with Crippen LogP contribution in [0.3, 0.4) is 0 Å². The van der Waals surface area contributed by atoms with Gasteiger partial charge in [0.25, 0.3) is 0 Å². The average molecular weight is 120 g/mol. The third-order valence-electron chi connectivity index (χ3n) is 1.33. The van der Waals surface area contributed by atoms with Crippen LogP contribution >= 0.6 is 0 Å². The molecular formula is C9H12. The van der Waals surface area contributed by atoms with Gasteiger partial charge >= 0.3 is 0 Å². The minimum Gasteiger partial charge on any atom is -0.0842 e. The lowest BCUT2D eigenvalue weighted by Gasteiger charge is -2.05. The third kappa shape index (κ3) is 1.56. The van der Waals surface area contributed by atoms with Gasteiger partial charge in [0.2, 0.25) is 0 Å². The summed E-state index contributed by atoms with van der Waals surface area (Å²) in [6, 6.07) is 0. The SMILES string of the molecule is CCC=CC1=CC(C)=C1. The van der Waals surface area contributed by atoms with Crippen LogP contribution in [0, 0.1) is 0 Å². The molecule has 0 saturated carbocycles. The number of hydrogen-bond donors (Lipinski definition) is 0. The molecule has 0 aromatic rings. The molecule has 0 heterocycles. The lowest BCUT2D eigenvalue weighted by molar-refractivity contribution is 1.22. The first-order valence-corrected chi connectivity index (χ1v) is 3.39. The van der Waals surface area contributed by atoms with Crippen LogP contribution < -0.4 is 0 Å². The van der Waals surface area contributed by atoms with Gasteiger partial charge in [0, 0.05) is 0 Å². The Hall–Kier alpha value is -0.780. The third-order valence-corrected chi connectivity index (χ3v) is 1.33. The first-order chi connectivity index (χ1) is 4.33. The Morgan fingerprint density at radius 2 is 2.11 bits per heavy atom. The standard InChI is InChI=1S/C9H12/c1-3-4-5-9-6-8(2)7-9/h4-7H,3H2,1-2H3. The smallest absolute Gasteiger partial charge is 0.0255 e. The molecule has 1 aliphatic carbocycles. The van der Waals surface area contributed by atoms with Crippen LogP contribution in [0.5, 0.6) is 0 Å². The molecule has 1 aliphatic rings. The first-order valence-electron chi connectivity index (χ1n) is 3.39. The van der Waals surface area contributed by atoms with Gasteiger partial charge in [0.1, 0.15) is 0 Å². The summed E-state index contributed by atoms with van der Waals surface area (Å²) >= 11 is 0. The molecule has 0 fully saturated rings. The Bertz CT molecular complexity index is 180. The fourth-order valence-corrected chi connectivity index (χ4v) is 0.863. The van der Waals surface area contributed by atoms with Gasteiger partial charge < -0.3 is 0 Å². The number of hydrogen-bond acceptors (Lipinski definition) is 0. The highest BCUT2D eigenvalue weighted by Gasteiger charge is 1.97. The first kappa shape index (κ1) is 6.34. The van der Waals surface area contributed by atoms with Gasteiger partial charge in [0.15, 0.2) is 0 Å². The molecule has 0 spiro atoms. The van der Waals surface area contributed by atoms with Gasteiger partial charge in [-0.05, 0) is 24.5 Å². The van der Waals surface area contributed by atoms with Crippen LogP contribution in [0.2, 0.25) is 0 Å². The van der Waals surface area contributed by atoms with E-state index >= 15 is 0 Å². The van der Waals surface area contributed by atoms with Crippen LogP contribution in [-0.2, 0) is 0 Å². The van der Waals surface area contributed by atoms with Crippen LogP contribution in [0.15, 0.2) is 35.5 Å². The Morgan fingerprint density at radius 3 is 2.56 bits per heavy atom. The predicted molar refractivity (Wildman–Crippen MR) is 41.3 cm³/mol. The van der Waals surface area contributed by atoms with E-state index < -0.39 is 0 Å². The maximum atomic E-state index is 2.19. The molecule has 0 bridgehead atoms. The van der Waals surface area contributed by atoms with Gasteiger partial charge in [-0.25, -0.2) is 0 Å². The normalized spacial score (nSPS) is 17.1. The molecule has 0 unspecified atom stereocenters.